The molecule has 0 unspecified atom stereocenters. The van der Waals surface area contributed by atoms with Crippen molar-refractivity contribution >= 4 is 5.97 Å². The van der Waals surface area contributed by atoms with E-state index in [-0.39, 0.29) is 0 Å². The predicted molar refractivity (Wildman–Crippen MR) is 47.1 cm³/mol. The predicted octanol–water partition coefficient (Wildman–Crippen LogP) is 1.83. The zero-order valence-electron chi connectivity index (χ0n) is 7.45. The Bertz CT molecular complexity index is 141. The molecule has 0 amide bonds. The zero-order valence-corrected chi connectivity index (χ0v) is 7.45. The quantitative estimate of drug-likeness (QED) is 0.470. The van der Waals surface area contributed by atoms with Crippen molar-refractivity contribution in [3.05, 3.63) is 12.2 Å². The molecule has 0 aromatic rings. The monoisotopic (exact) mass is 172 g/mol. The Morgan fingerprint density at radius 2 is 2.25 bits per heavy atom. The molecular weight excluding hydrogens is 156 g/mol. The number of carboxylic acids is 1. The van der Waals surface area contributed by atoms with Crippen LogP contribution in [0.25, 0.3) is 0 Å². The van der Waals surface area contributed by atoms with Crippen molar-refractivity contribution in [3.63, 3.8) is 0 Å². The molecule has 0 aromatic heterocycles. The summed E-state index contributed by atoms with van der Waals surface area (Å²) in [7, 11) is 0. The van der Waals surface area contributed by atoms with Gasteiger partial charge < -0.3 is 9.84 Å². The van der Waals surface area contributed by atoms with E-state index in [9.17, 15) is 4.79 Å². The Balaban J connectivity index is 3.05. The summed E-state index contributed by atoms with van der Waals surface area (Å²) in [6.45, 7) is 3.49. The number of hydrogen-bond acceptors (Lipinski definition) is 2. The second kappa shape index (κ2) is 8.27. The van der Waals surface area contributed by atoms with E-state index >= 15 is 0 Å². The third-order valence-electron chi connectivity index (χ3n) is 1.37. The Morgan fingerprint density at radius 3 is 2.83 bits per heavy atom. The lowest BCUT2D eigenvalue weighted by Gasteiger charge is -1.97. The summed E-state index contributed by atoms with van der Waals surface area (Å²) in [5.74, 6) is -0.875. The van der Waals surface area contributed by atoms with Crippen LogP contribution in [0.5, 0.6) is 0 Å². The Kier molecular flexibility index (Phi) is 7.70. The van der Waals surface area contributed by atoms with Gasteiger partial charge in [-0.3, -0.25) is 0 Å². The molecule has 1 N–H and O–H groups in total. The summed E-state index contributed by atoms with van der Waals surface area (Å²) in [4.78, 5) is 10.0. The Morgan fingerprint density at radius 1 is 1.50 bits per heavy atom. The minimum atomic E-state index is -0.875. The van der Waals surface area contributed by atoms with Gasteiger partial charge in [-0.25, -0.2) is 4.79 Å². The first kappa shape index (κ1) is 11.2. The van der Waals surface area contributed by atoms with Crippen molar-refractivity contribution in [1.29, 1.82) is 0 Å². The molecule has 0 aliphatic heterocycles. The first-order valence-corrected chi connectivity index (χ1v) is 4.24. The smallest absolute Gasteiger partial charge is 0.327 e. The number of carboxylic acid groups (broad SMARTS) is 1. The maximum atomic E-state index is 10.0. The van der Waals surface area contributed by atoms with Crippen molar-refractivity contribution in [3.8, 4) is 0 Å². The summed E-state index contributed by atoms with van der Waals surface area (Å²) in [6, 6.07) is 0. The van der Waals surface area contributed by atoms with Crippen LogP contribution < -0.4 is 0 Å². The van der Waals surface area contributed by atoms with E-state index in [2.05, 4.69) is 0 Å². The van der Waals surface area contributed by atoms with Gasteiger partial charge in [0.2, 0.25) is 0 Å². The highest BCUT2D eigenvalue weighted by molar-refractivity contribution is 5.79. The number of rotatable bonds is 7. The van der Waals surface area contributed by atoms with Gasteiger partial charge in [-0.05, 0) is 26.2 Å². The maximum Gasteiger partial charge on any atom is 0.327 e. The summed E-state index contributed by atoms with van der Waals surface area (Å²) < 4.78 is 5.12. The second-order valence-corrected chi connectivity index (χ2v) is 2.43. The van der Waals surface area contributed by atoms with Gasteiger partial charge in [-0.1, -0.05) is 6.08 Å². The van der Waals surface area contributed by atoms with Crippen LogP contribution in [0.15, 0.2) is 12.2 Å². The van der Waals surface area contributed by atoms with E-state index in [1.807, 2.05) is 6.92 Å². The Hall–Kier alpha value is -0.830. The molecule has 0 atom stereocenters. The molecule has 0 aliphatic rings. The van der Waals surface area contributed by atoms with Crippen molar-refractivity contribution < 1.29 is 14.6 Å². The first-order chi connectivity index (χ1) is 5.77. The van der Waals surface area contributed by atoms with E-state index < -0.39 is 5.97 Å². The summed E-state index contributed by atoms with van der Waals surface area (Å²) >= 11 is 0. The standard InChI is InChI=1S/C9H16O3/c1-2-12-8-6-4-3-5-7-9(10)11/h5,7H,2-4,6,8H2,1H3,(H,10,11). The van der Waals surface area contributed by atoms with Gasteiger partial charge >= 0.3 is 5.97 Å². The highest BCUT2D eigenvalue weighted by Gasteiger charge is 1.87. The lowest BCUT2D eigenvalue weighted by molar-refractivity contribution is -0.131. The number of allylic oxidation sites excluding steroid dienone is 1. The molecule has 0 spiro atoms. The molecular formula is C9H16O3. The molecule has 12 heavy (non-hydrogen) atoms. The highest BCUT2D eigenvalue weighted by Crippen LogP contribution is 1.96. The first-order valence-electron chi connectivity index (χ1n) is 4.24. The molecule has 70 valence electrons. The van der Waals surface area contributed by atoms with Gasteiger partial charge in [0.25, 0.3) is 0 Å². The SMILES string of the molecule is CCOCCCCC=CC(=O)O. The maximum absolute atomic E-state index is 10.0. The van der Waals surface area contributed by atoms with E-state index in [0.717, 1.165) is 32.5 Å². The fourth-order valence-corrected chi connectivity index (χ4v) is 0.795. The summed E-state index contributed by atoms with van der Waals surface area (Å²) in [5.41, 5.74) is 0. The molecule has 0 saturated carbocycles. The van der Waals surface area contributed by atoms with E-state index in [1.54, 1.807) is 6.08 Å². The molecule has 3 nitrogen and oxygen atoms in total. The van der Waals surface area contributed by atoms with Crippen LogP contribution in [0, 0.1) is 0 Å². The number of unbranched alkanes of at least 4 members (excludes halogenated alkanes) is 2. The van der Waals surface area contributed by atoms with E-state index in [0.29, 0.717) is 0 Å². The molecule has 0 heterocycles. The van der Waals surface area contributed by atoms with Crippen LogP contribution in [0.3, 0.4) is 0 Å². The van der Waals surface area contributed by atoms with Gasteiger partial charge in [0, 0.05) is 19.3 Å². The fourth-order valence-electron chi connectivity index (χ4n) is 0.795. The average Bonchev–Trinajstić information content (AvgIpc) is 2.02. The summed E-state index contributed by atoms with van der Waals surface area (Å²) in [6.07, 6.45) is 5.66. The van der Waals surface area contributed by atoms with Crippen molar-refractivity contribution in [2.75, 3.05) is 13.2 Å². The molecule has 0 fully saturated rings. The minimum absolute atomic E-state index is 0.755. The normalized spacial score (nSPS) is 10.8. The highest BCUT2D eigenvalue weighted by atomic mass is 16.5. The largest absolute Gasteiger partial charge is 0.478 e. The van der Waals surface area contributed by atoms with Crippen LogP contribution in [-0.2, 0) is 9.53 Å². The topological polar surface area (TPSA) is 46.5 Å². The van der Waals surface area contributed by atoms with Gasteiger partial charge in [0.05, 0.1) is 0 Å². The van der Waals surface area contributed by atoms with Crippen molar-refractivity contribution in [2.45, 2.75) is 26.2 Å². The lowest BCUT2D eigenvalue weighted by atomic mass is 10.2. The van der Waals surface area contributed by atoms with Gasteiger partial charge in [-0.2, -0.15) is 0 Å². The average molecular weight is 172 g/mol. The molecule has 3 heteroatoms. The van der Waals surface area contributed by atoms with E-state index in [4.69, 9.17) is 9.84 Å². The molecule has 0 aromatic carbocycles. The molecule has 0 radical (unpaired) electrons. The minimum Gasteiger partial charge on any atom is -0.478 e. The molecule has 0 saturated heterocycles. The zero-order chi connectivity index (χ0) is 9.23. The van der Waals surface area contributed by atoms with Gasteiger partial charge in [0.1, 0.15) is 0 Å². The third-order valence-corrected chi connectivity index (χ3v) is 1.37. The number of aliphatic carboxylic acids is 1. The van der Waals surface area contributed by atoms with Crippen LogP contribution >= 0.6 is 0 Å². The molecule has 0 bridgehead atoms. The fraction of sp³-hybridized carbons (Fsp3) is 0.667. The lowest BCUT2D eigenvalue weighted by Crippen LogP contribution is -1.92. The van der Waals surface area contributed by atoms with Gasteiger partial charge in [0.15, 0.2) is 0 Å². The number of hydrogen-bond donors (Lipinski definition) is 1. The van der Waals surface area contributed by atoms with Crippen LogP contribution in [-0.4, -0.2) is 24.3 Å². The van der Waals surface area contributed by atoms with Crippen LogP contribution in [0.4, 0.5) is 0 Å². The molecule has 0 aliphatic carbocycles. The van der Waals surface area contributed by atoms with Crippen molar-refractivity contribution in [2.24, 2.45) is 0 Å². The van der Waals surface area contributed by atoms with E-state index in [1.165, 1.54) is 6.08 Å². The Labute approximate surface area is 73.0 Å². The van der Waals surface area contributed by atoms with Gasteiger partial charge in [-0.15, -0.1) is 0 Å². The van der Waals surface area contributed by atoms with Crippen LogP contribution in [0.2, 0.25) is 0 Å². The van der Waals surface area contributed by atoms with Crippen LogP contribution in [0.1, 0.15) is 26.2 Å². The number of carbonyl (C=O) groups is 1. The second-order valence-electron chi connectivity index (χ2n) is 2.43. The third kappa shape index (κ3) is 9.17. The van der Waals surface area contributed by atoms with Crippen molar-refractivity contribution in [1.82, 2.24) is 0 Å². The summed E-state index contributed by atoms with van der Waals surface area (Å²) in [5, 5.41) is 8.24. The molecule has 0 rings (SSSR count). The number of ether oxygens (including phenoxy) is 1.